The Morgan fingerprint density at radius 2 is 0.500 bits per heavy atom. The average Bonchev–Trinajstić information content (AvgIpc) is 2.78. The van der Waals surface area contributed by atoms with Crippen molar-refractivity contribution in [3.63, 3.8) is 0 Å². The molecule has 0 aromatic rings. The van der Waals surface area contributed by atoms with Gasteiger partial charge in [0.25, 0.3) is 0 Å². The third kappa shape index (κ3) is 19.0. The molecule has 8 nitrogen and oxygen atoms in total. The smallest absolute Gasteiger partial charge is 0.0140 e. The van der Waals surface area contributed by atoms with Crippen LogP contribution in [0.15, 0.2) is 0 Å². The molecular formula is C32H72N8. The van der Waals surface area contributed by atoms with Crippen molar-refractivity contribution in [1.82, 2.24) is 42.5 Å². The van der Waals surface area contributed by atoms with Gasteiger partial charge in [0.15, 0.2) is 0 Å². The topological polar surface area (TPSA) is 96.2 Å². The van der Waals surface area contributed by atoms with E-state index in [0.29, 0.717) is 24.2 Å². The fraction of sp³-hybridized carbons (Fsp3) is 1.00. The van der Waals surface area contributed by atoms with E-state index in [1.807, 2.05) is 0 Å². The Bertz CT molecular complexity index is 551. The largest absolute Gasteiger partial charge is 0.313 e. The number of nitrogens with one attached hydrogen (secondary N) is 8. The summed E-state index contributed by atoms with van der Waals surface area (Å²) in [5, 5.41) is 29.2. The monoisotopic (exact) mass is 569 g/mol. The van der Waals surface area contributed by atoms with Gasteiger partial charge < -0.3 is 42.5 Å². The molecule has 0 aliphatic carbocycles. The molecule has 0 radical (unpaired) electrons. The van der Waals surface area contributed by atoms with Gasteiger partial charge in [-0.2, -0.15) is 0 Å². The Hall–Kier alpha value is -0.320. The van der Waals surface area contributed by atoms with Gasteiger partial charge in [0.1, 0.15) is 0 Å². The zero-order valence-corrected chi connectivity index (χ0v) is 28.8. The van der Waals surface area contributed by atoms with Crippen molar-refractivity contribution >= 4 is 0 Å². The average molecular weight is 569 g/mol. The van der Waals surface area contributed by atoms with Crippen LogP contribution in [0.2, 0.25) is 0 Å². The molecule has 2 aliphatic rings. The third-order valence-corrected chi connectivity index (χ3v) is 8.15. The van der Waals surface area contributed by atoms with Gasteiger partial charge in [-0.05, 0) is 109 Å². The molecule has 40 heavy (non-hydrogen) atoms. The first kappa shape index (κ1) is 37.7. The molecule has 2 aliphatic heterocycles. The normalized spacial score (nSPS) is 33.3. The highest BCUT2D eigenvalue weighted by Gasteiger charge is 2.24. The quantitative estimate of drug-likeness (QED) is 0.226. The zero-order chi connectivity index (χ0) is 30.5. The Kier molecular flexibility index (Phi) is 16.7. The molecule has 8 heteroatoms. The zero-order valence-electron chi connectivity index (χ0n) is 28.8. The summed E-state index contributed by atoms with van der Waals surface area (Å²) >= 11 is 0. The van der Waals surface area contributed by atoms with Gasteiger partial charge in [-0.25, -0.2) is 0 Å². The summed E-state index contributed by atoms with van der Waals surface area (Å²) in [6.45, 7) is 35.7. The standard InChI is InChI=1S/2C16H36N4/c2*1-13-11-15(3,4)19-10-8-18-14(2)12-16(5,6)20-9-7-17-13/h2*13-14,17-20H,7-12H2,1-6H3/t13-,14+;13-,14-/m.1/s1. The summed E-state index contributed by atoms with van der Waals surface area (Å²) in [5.41, 5.74) is 0.755. The molecule has 2 saturated heterocycles. The van der Waals surface area contributed by atoms with Crippen LogP contribution < -0.4 is 42.5 Å². The minimum absolute atomic E-state index is 0.189. The van der Waals surface area contributed by atoms with Gasteiger partial charge in [0.05, 0.1) is 0 Å². The second-order valence-corrected chi connectivity index (χ2v) is 15.5. The van der Waals surface area contributed by atoms with E-state index in [-0.39, 0.29) is 22.2 Å². The molecule has 0 spiro atoms. The van der Waals surface area contributed by atoms with Crippen LogP contribution in [0.5, 0.6) is 0 Å². The van der Waals surface area contributed by atoms with Crippen LogP contribution in [0, 0.1) is 0 Å². The first-order valence-corrected chi connectivity index (χ1v) is 16.3. The van der Waals surface area contributed by atoms with Crippen molar-refractivity contribution in [2.24, 2.45) is 0 Å². The maximum atomic E-state index is 3.67. The summed E-state index contributed by atoms with van der Waals surface area (Å²) in [7, 11) is 0. The highest BCUT2D eigenvalue weighted by atomic mass is 15.1. The van der Waals surface area contributed by atoms with Crippen molar-refractivity contribution in [3.8, 4) is 0 Å². The lowest BCUT2D eigenvalue weighted by Gasteiger charge is -2.33. The number of hydrogen-bond donors (Lipinski definition) is 8. The van der Waals surface area contributed by atoms with Gasteiger partial charge in [-0.3, -0.25) is 0 Å². The first-order valence-electron chi connectivity index (χ1n) is 16.3. The molecule has 2 rings (SSSR count). The predicted molar refractivity (Wildman–Crippen MR) is 177 cm³/mol. The van der Waals surface area contributed by atoms with Crippen LogP contribution in [0.1, 0.15) is 109 Å². The Morgan fingerprint density at radius 1 is 0.325 bits per heavy atom. The molecule has 0 aromatic carbocycles. The molecule has 0 amide bonds. The van der Waals surface area contributed by atoms with E-state index in [4.69, 9.17) is 0 Å². The molecule has 2 fully saturated rings. The molecular weight excluding hydrogens is 496 g/mol. The van der Waals surface area contributed by atoms with Gasteiger partial charge in [-0.1, -0.05) is 0 Å². The van der Waals surface area contributed by atoms with Crippen molar-refractivity contribution in [1.29, 1.82) is 0 Å². The summed E-state index contributed by atoms with van der Waals surface area (Å²) in [6, 6.07) is 2.16. The van der Waals surface area contributed by atoms with E-state index in [2.05, 4.69) is 126 Å². The summed E-state index contributed by atoms with van der Waals surface area (Å²) in [5.74, 6) is 0. The van der Waals surface area contributed by atoms with Crippen LogP contribution in [-0.4, -0.2) is 98.7 Å². The highest BCUT2D eigenvalue weighted by Crippen LogP contribution is 2.14. The molecule has 0 saturated carbocycles. The second kappa shape index (κ2) is 17.7. The fourth-order valence-corrected chi connectivity index (χ4v) is 6.52. The maximum Gasteiger partial charge on any atom is 0.0140 e. The minimum Gasteiger partial charge on any atom is -0.313 e. The molecule has 4 atom stereocenters. The van der Waals surface area contributed by atoms with Crippen LogP contribution in [-0.2, 0) is 0 Å². The van der Waals surface area contributed by atoms with E-state index in [1.165, 1.54) is 0 Å². The second-order valence-electron chi connectivity index (χ2n) is 15.5. The molecule has 0 bridgehead atoms. The number of hydrogen-bond acceptors (Lipinski definition) is 8. The van der Waals surface area contributed by atoms with Crippen LogP contribution >= 0.6 is 0 Å². The summed E-state index contributed by atoms with van der Waals surface area (Å²) < 4.78 is 0. The molecule has 0 aromatic heterocycles. The van der Waals surface area contributed by atoms with Crippen LogP contribution in [0.25, 0.3) is 0 Å². The Morgan fingerprint density at radius 3 is 0.675 bits per heavy atom. The van der Waals surface area contributed by atoms with Crippen LogP contribution in [0.4, 0.5) is 0 Å². The third-order valence-electron chi connectivity index (χ3n) is 8.15. The molecule has 2 heterocycles. The van der Waals surface area contributed by atoms with Crippen molar-refractivity contribution in [3.05, 3.63) is 0 Å². The van der Waals surface area contributed by atoms with Crippen LogP contribution in [0.3, 0.4) is 0 Å². The Balaban J connectivity index is 0.000000400. The van der Waals surface area contributed by atoms with E-state index >= 15 is 0 Å². The summed E-state index contributed by atoms with van der Waals surface area (Å²) in [4.78, 5) is 0. The van der Waals surface area contributed by atoms with E-state index in [0.717, 1.165) is 78.0 Å². The molecule has 0 unspecified atom stereocenters. The first-order chi connectivity index (χ1) is 18.4. The summed E-state index contributed by atoms with van der Waals surface area (Å²) in [6.07, 6.45) is 4.58. The van der Waals surface area contributed by atoms with E-state index in [9.17, 15) is 0 Å². The van der Waals surface area contributed by atoms with E-state index < -0.39 is 0 Å². The fourth-order valence-electron chi connectivity index (χ4n) is 6.52. The lowest BCUT2D eigenvalue weighted by molar-refractivity contribution is 0.284. The lowest BCUT2D eigenvalue weighted by atomic mass is 9.94. The van der Waals surface area contributed by atoms with E-state index in [1.54, 1.807) is 0 Å². The highest BCUT2D eigenvalue weighted by molar-refractivity contribution is 4.87. The van der Waals surface area contributed by atoms with Crippen molar-refractivity contribution in [2.45, 2.75) is 155 Å². The van der Waals surface area contributed by atoms with Gasteiger partial charge >= 0.3 is 0 Å². The molecule has 240 valence electrons. The van der Waals surface area contributed by atoms with Crippen molar-refractivity contribution in [2.75, 3.05) is 52.4 Å². The van der Waals surface area contributed by atoms with Crippen molar-refractivity contribution < 1.29 is 0 Å². The minimum atomic E-state index is 0.189. The lowest BCUT2D eigenvalue weighted by Crippen LogP contribution is -2.51. The predicted octanol–water partition coefficient (Wildman–Crippen LogP) is 2.95. The van der Waals surface area contributed by atoms with Gasteiger partial charge in [0.2, 0.25) is 0 Å². The molecule has 8 N–H and O–H groups in total. The van der Waals surface area contributed by atoms with Gasteiger partial charge in [0, 0.05) is 98.7 Å². The maximum absolute atomic E-state index is 3.67. The SMILES string of the molecule is C[C@@H]1CC(C)(C)NCCN[C@@H](C)CC(C)(C)NCCN1.C[C@@H]1CC(C)(C)NCCN[C@H](C)CC(C)(C)NCCN1. The Labute approximate surface area is 249 Å². The number of rotatable bonds is 0. The van der Waals surface area contributed by atoms with Gasteiger partial charge in [-0.15, -0.1) is 0 Å².